The van der Waals surface area contributed by atoms with E-state index in [1.165, 1.54) is 0 Å². The minimum atomic E-state index is -0.685. The highest BCUT2D eigenvalue weighted by molar-refractivity contribution is 5.80. The van der Waals surface area contributed by atoms with Gasteiger partial charge in [-0.2, -0.15) is 10.4 Å². The van der Waals surface area contributed by atoms with E-state index >= 15 is 0 Å². The van der Waals surface area contributed by atoms with Crippen LogP contribution in [-0.2, 0) is 5.41 Å². The molecule has 0 amide bonds. The Hall–Kier alpha value is -2.98. The van der Waals surface area contributed by atoms with Gasteiger partial charge in [0.05, 0.1) is 34.8 Å². The van der Waals surface area contributed by atoms with Gasteiger partial charge in [-0.25, -0.2) is 9.67 Å². The van der Waals surface area contributed by atoms with Crippen LogP contribution < -0.4 is 4.90 Å². The van der Waals surface area contributed by atoms with Crippen LogP contribution in [-0.4, -0.2) is 43.0 Å². The van der Waals surface area contributed by atoms with Crippen molar-refractivity contribution in [1.82, 2.24) is 19.7 Å². The predicted molar refractivity (Wildman–Crippen MR) is 119 cm³/mol. The third kappa shape index (κ3) is 2.16. The zero-order valence-electron chi connectivity index (χ0n) is 18.4. The highest BCUT2D eigenvalue weighted by Crippen LogP contribution is 2.78. The molecule has 0 radical (unpaired) electrons. The summed E-state index contributed by atoms with van der Waals surface area (Å²) < 4.78 is 1.94. The number of hydrogen-bond acceptors (Lipinski definition) is 6. The number of aliphatic hydroxyl groups is 1. The van der Waals surface area contributed by atoms with E-state index in [2.05, 4.69) is 38.2 Å². The summed E-state index contributed by atoms with van der Waals surface area (Å²) in [7, 11) is 0. The fraction of sp³-hybridized carbons (Fsp3) is 0.520. The molecule has 7 nitrogen and oxygen atoms in total. The largest absolute Gasteiger partial charge is 0.390 e. The zero-order chi connectivity index (χ0) is 21.9. The highest BCUT2D eigenvalue weighted by atomic mass is 16.3. The zero-order valence-corrected chi connectivity index (χ0v) is 18.4. The van der Waals surface area contributed by atoms with Crippen LogP contribution >= 0.6 is 0 Å². The molecular formula is C25H26N6O. The van der Waals surface area contributed by atoms with Crippen molar-refractivity contribution in [2.45, 2.75) is 63.0 Å². The average molecular weight is 427 g/mol. The number of fused-ring (bicyclic) bond motifs is 2. The Morgan fingerprint density at radius 3 is 2.66 bits per heavy atom. The lowest BCUT2D eigenvalue weighted by Crippen LogP contribution is -2.50. The Balaban J connectivity index is 1.26. The van der Waals surface area contributed by atoms with Gasteiger partial charge >= 0.3 is 0 Å². The summed E-state index contributed by atoms with van der Waals surface area (Å²) in [5.74, 6) is 0.932. The number of rotatable bonds is 4. The molecule has 5 fully saturated rings. The van der Waals surface area contributed by atoms with Crippen LogP contribution in [0.25, 0.3) is 16.6 Å². The molecule has 8 rings (SSSR count). The second kappa shape index (κ2) is 5.49. The summed E-state index contributed by atoms with van der Waals surface area (Å²) in [6.07, 6.45) is 10.8. The normalized spacial score (nSPS) is 31.6. The van der Waals surface area contributed by atoms with Crippen molar-refractivity contribution in [3.8, 4) is 11.8 Å². The van der Waals surface area contributed by atoms with Gasteiger partial charge in [0.25, 0.3) is 0 Å². The molecule has 1 atom stereocenters. The fourth-order valence-electron chi connectivity index (χ4n) is 6.46. The molecule has 3 aromatic heterocycles. The molecule has 162 valence electrons. The lowest BCUT2D eigenvalue weighted by Gasteiger charge is -2.45. The maximum atomic E-state index is 10.7. The fourth-order valence-corrected chi connectivity index (χ4v) is 6.46. The first-order valence-electron chi connectivity index (χ1n) is 11.5. The maximum Gasteiger partial charge on any atom is 0.130 e. The lowest BCUT2D eigenvalue weighted by molar-refractivity contribution is -0.0754. The molecule has 5 heterocycles. The Morgan fingerprint density at radius 1 is 1.19 bits per heavy atom. The number of nitriles is 1. The van der Waals surface area contributed by atoms with Gasteiger partial charge in [-0.1, -0.05) is 0 Å². The second-order valence-corrected chi connectivity index (χ2v) is 11.1. The monoisotopic (exact) mass is 426 g/mol. The highest BCUT2D eigenvalue weighted by Gasteiger charge is 2.76. The van der Waals surface area contributed by atoms with E-state index in [0.717, 1.165) is 66.8 Å². The van der Waals surface area contributed by atoms with E-state index in [0.29, 0.717) is 6.04 Å². The van der Waals surface area contributed by atoms with Crippen LogP contribution in [0.5, 0.6) is 0 Å². The molecule has 32 heavy (non-hydrogen) atoms. The van der Waals surface area contributed by atoms with Crippen LogP contribution in [0.3, 0.4) is 0 Å². The van der Waals surface area contributed by atoms with E-state index in [4.69, 9.17) is 0 Å². The van der Waals surface area contributed by atoms with Gasteiger partial charge < -0.3 is 10.0 Å². The third-order valence-electron chi connectivity index (χ3n) is 9.05. The number of pyridine rings is 2. The minimum absolute atomic E-state index is 0.0387. The van der Waals surface area contributed by atoms with Crippen molar-refractivity contribution in [2.75, 3.05) is 11.4 Å². The summed E-state index contributed by atoms with van der Waals surface area (Å²) in [6.45, 7) is 4.69. The minimum Gasteiger partial charge on any atom is -0.390 e. The average Bonchev–Trinajstić information content (AvgIpc) is 3.44. The Kier molecular flexibility index (Phi) is 3.19. The van der Waals surface area contributed by atoms with Crippen LogP contribution in [0.4, 0.5) is 5.82 Å². The van der Waals surface area contributed by atoms with Crippen molar-refractivity contribution in [2.24, 2.45) is 10.8 Å². The van der Waals surface area contributed by atoms with E-state index in [1.54, 1.807) is 0 Å². The van der Waals surface area contributed by atoms with Crippen LogP contribution in [0.1, 0.15) is 51.6 Å². The van der Waals surface area contributed by atoms with Crippen LogP contribution in [0.2, 0.25) is 0 Å². The van der Waals surface area contributed by atoms with Crippen molar-refractivity contribution >= 4 is 16.7 Å². The first-order valence-corrected chi connectivity index (χ1v) is 11.5. The molecule has 2 bridgehead atoms. The van der Waals surface area contributed by atoms with Gasteiger partial charge in [-0.3, -0.25) is 4.98 Å². The molecule has 3 aromatic rings. The van der Waals surface area contributed by atoms with E-state index in [1.807, 2.05) is 43.2 Å². The summed E-state index contributed by atoms with van der Waals surface area (Å²) >= 11 is 0. The molecule has 1 N–H and O–H groups in total. The first-order chi connectivity index (χ1) is 15.3. The number of hydrogen-bond donors (Lipinski definition) is 1. The van der Waals surface area contributed by atoms with Gasteiger partial charge in [0, 0.05) is 41.8 Å². The molecule has 3 saturated carbocycles. The molecule has 3 aliphatic carbocycles. The van der Waals surface area contributed by atoms with E-state index in [-0.39, 0.29) is 10.8 Å². The number of anilines is 1. The van der Waals surface area contributed by atoms with Gasteiger partial charge in [-0.05, 0) is 63.5 Å². The Labute approximate surface area is 186 Å². The molecule has 1 unspecified atom stereocenters. The standard InChI is InChI=1S/C25H26N6O/c1-22(2,32)24-9-18(10-24)30(15-24)21-7-17(3-6-27-21)31-19-8-20(28-11-16(19)12-29-31)25(14-26)13-23(25)4-5-23/h3,6-8,11-12,18,32H,4-5,9-10,13,15H2,1-2H3. The molecule has 0 aromatic carbocycles. The summed E-state index contributed by atoms with van der Waals surface area (Å²) in [6, 6.07) is 9.15. The van der Waals surface area contributed by atoms with Crippen molar-refractivity contribution in [3.05, 3.63) is 42.5 Å². The van der Waals surface area contributed by atoms with Crippen molar-refractivity contribution < 1.29 is 5.11 Å². The Morgan fingerprint density at radius 2 is 2.00 bits per heavy atom. The predicted octanol–water partition coefficient (Wildman–Crippen LogP) is 3.50. The number of nitrogens with zero attached hydrogens (tertiary/aromatic N) is 6. The van der Waals surface area contributed by atoms with Gasteiger partial charge in [0.1, 0.15) is 11.2 Å². The maximum absolute atomic E-state index is 10.7. The van der Waals surface area contributed by atoms with E-state index in [9.17, 15) is 10.4 Å². The van der Waals surface area contributed by atoms with Crippen LogP contribution in [0.15, 0.2) is 36.8 Å². The van der Waals surface area contributed by atoms with Gasteiger partial charge in [0.2, 0.25) is 0 Å². The quantitative estimate of drug-likeness (QED) is 0.687. The number of aromatic nitrogens is 4. The summed E-state index contributed by atoms with van der Waals surface area (Å²) in [5.41, 5.74) is 1.85. The van der Waals surface area contributed by atoms with Crippen molar-refractivity contribution in [3.63, 3.8) is 0 Å². The molecule has 5 aliphatic rings. The summed E-state index contributed by atoms with van der Waals surface area (Å²) in [4.78, 5) is 11.7. The van der Waals surface area contributed by atoms with Gasteiger partial charge in [-0.15, -0.1) is 0 Å². The Bertz CT molecular complexity index is 1320. The SMILES string of the molecule is CC(C)(O)C12CC(C1)N(c1cc(-n3ncc4cnc(C5(C#N)CC56CC6)cc43)ccn1)C2. The first kappa shape index (κ1) is 18.6. The van der Waals surface area contributed by atoms with Gasteiger partial charge in [0.15, 0.2) is 0 Å². The lowest BCUT2D eigenvalue weighted by atomic mass is 9.61. The topological polar surface area (TPSA) is 90.9 Å². The second-order valence-electron chi connectivity index (χ2n) is 11.1. The third-order valence-corrected chi connectivity index (χ3v) is 9.05. The summed E-state index contributed by atoms with van der Waals surface area (Å²) in [5, 5.41) is 26.2. The smallest absolute Gasteiger partial charge is 0.130 e. The van der Waals surface area contributed by atoms with Crippen LogP contribution in [0, 0.1) is 22.2 Å². The molecule has 1 spiro atoms. The molecular weight excluding hydrogens is 400 g/mol. The molecule has 2 saturated heterocycles. The molecule has 2 aliphatic heterocycles. The van der Waals surface area contributed by atoms with Crippen molar-refractivity contribution in [1.29, 1.82) is 5.26 Å². The van der Waals surface area contributed by atoms with E-state index < -0.39 is 11.0 Å². The molecule has 7 heteroatoms.